The third kappa shape index (κ3) is 1.08. The van der Waals surface area contributed by atoms with Gasteiger partial charge in [0.15, 0.2) is 0 Å². The van der Waals surface area contributed by atoms with Gasteiger partial charge in [-0.25, -0.2) is 9.59 Å². The van der Waals surface area contributed by atoms with Gasteiger partial charge in [-0.2, -0.15) is 0 Å². The topological polar surface area (TPSA) is 55.4 Å². The van der Waals surface area contributed by atoms with Gasteiger partial charge in [-0.05, 0) is 11.1 Å². The summed E-state index contributed by atoms with van der Waals surface area (Å²) >= 11 is 0. The number of hydrogen-bond donors (Lipinski definition) is 1. The SMILES string of the molecule is O=C1NC2(Cc3ccccc3C2)C(=O)O1. The number of esters is 1. The van der Waals surface area contributed by atoms with Crippen molar-refractivity contribution in [1.82, 2.24) is 5.32 Å². The predicted molar refractivity (Wildman–Crippen MR) is 51.2 cm³/mol. The first-order valence-corrected chi connectivity index (χ1v) is 4.81. The summed E-state index contributed by atoms with van der Waals surface area (Å²) in [7, 11) is 0. The van der Waals surface area contributed by atoms with E-state index in [0.29, 0.717) is 12.8 Å². The number of rotatable bonds is 0. The van der Waals surface area contributed by atoms with Crippen LogP contribution in [0.15, 0.2) is 24.3 Å². The fourth-order valence-corrected chi connectivity index (χ4v) is 2.30. The van der Waals surface area contributed by atoms with E-state index in [9.17, 15) is 9.59 Å². The quantitative estimate of drug-likeness (QED) is 0.501. The van der Waals surface area contributed by atoms with E-state index in [1.54, 1.807) is 0 Å². The van der Waals surface area contributed by atoms with Crippen LogP contribution in [0, 0.1) is 0 Å². The molecule has 1 saturated heterocycles. The van der Waals surface area contributed by atoms with Crippen LogP contribution in [0.1, 0.15) is 11.1 Å². The zero-order valence-corrected chi connectivity index (χ0v) is 7.95. The van der Waals surface area contributed by atoms with Crippen LogP contribution in [0.5, 0.6) is 0 Å². The van der Waals surface area contributed by atoms with Gasteiger partial charge in [0.2, 0.25) is 0 Å². The number of ether oxygens (including phenoxy) is 1. The molecule has 4 nitrogen and oxygen atoms in total. The molecule has 1 fully saturated rings. The summed E-state index contributed by atoms with van der Waals surface area (Å²) < 4.78 is 4.54. The monoisotopic (exact) mass is 203 g/mol. The predicted octanol–water partition coefficient (Wildman–Crippen LogP) is 0.790. The Balaban J connectivity index is 2.01. The number of carbonyl (C=O) groups is 2. The normalized spacial score (nSPS) is 21.3. The molecular weight excluding hydrogens is 194 g/mol. The summed E-state index contributed by atoms with van der Waals surface area (Å²) in [5.74, 6) is -0.455. The third-order valence-electron chi connectivity index (χ3n) is 3.02. The largest absolute Gasteiger partial charge is 0.415 e. The Morgan fingerprint density at radius 3 is 2.20 bits per heavy atom. The molecule has 0 radical (unpaired) electrons. The van der Waals surface area contributed by atoms with Gasteiger partial charge in [0, 0.05) is 12.8 Å². The Morgan fingerprint density at radius 2 is 1.73 bits per heavy atom. The molecule has 2 aliphatic rings. The number of nitrogens with one attached hydrogen (secondary N) is 1. The van der Waals surface area contributed by atoms with E-state index < -0.39 is 17.6 Å². The van der Waals surface area contributed by atoms with Crippen molar-refractivity contribution in [3.05, 3.63) is 35.4 Å². The summed E-state index contributed by atoms with van der Waals surface area (Å²) in [6.07, 6.45) is 0.439. The molecule has 1 aromatic rings. The Hall–Kier alpha value is -1.84. The van der Waals surface area contributed by atoms with Gasteiger partial charge in [-0.15, -0.1) is 0 Å². The molecule has 1 aliphatic heterocycles. The smallest absolute Gasteiger partial charge is 0.374 e. The summed E-state index contributed by atoms with van der Waals surface area (Å²) in [5, 5.41) is 2.62. The molecule has 1 aliphatic carbocycles. The van der Waals surface area contributed by atoms with Crippen molar-refractivity contribution < 1.29 is 14.3 Å². The van der Waals surface area contributed by atoms with Crippen molar-refractivity contribution in [2.45, 2.75) is 18.4 Å². The van der Waals surface area contributed by atoms with Gasteiger partial charge in [0.25, 0.3) is 0 Å². The number of benzene rings is 1. The van der Waals surface area contributed by atoms with Crippen LogP contribution < -0.4 is 5.32 Å². The minimum Gasteiger partial charge on any atom is -0.374 e. The second-order valence-corrected chi connectivity index (χ2v) is 4.01. The van der Waals surface area contributed by atoms with Crippen molar-refractivity contribution in [2.24, 2.45) is 0 Å². The van der Waals surface area contributed by atoms with E-state index in [4.69, 9.17) is 0 Å². The third-order valence-corrected chi connectivity index (χ3v) is 3.02. The number of cyclic esters (lactones) is 2. The lowest BCUT2D eigenvalue weighted by molar-refractivity contribution is -0.138. The van der Waals surface area contributed by atoms with Crippen molar-refractivity contribution in [2.75, 3.05) is 0 Å². The van der Waals surface area contributed by atoms with Crippen LogP contribution >= 0.6 is 0 Å². The van der Waals surface area contributed by atoms with Crippen LogP contribution in [-0.2, 0) is 22.4 Å². The van der Waals surface area contributed by atoms with Crippen LogP contribution in [0.4, 0.5) is 4.79 Å². The Morgan fingerprint density at radius 1 is 1.13 bits per heavy atom. The number of hydrogen-bond acceptors (Lipinski definition) is 3. The lowest BCUT2D eigenvalue weighted by Crippen LogP contribution is -2.47. The van der Waals surface area contributed by atoms with E-state index in [-0.39, 0.29) is 0 Å². The van der Waals surface area contributed by atoms with Gasteiger partial charge in [0.05, 0.1) is 0 Å². The maximum Gasteiger partial charge on any atom is 0.415 e. The fourth-order valence-electron chi connectivity index (χ4n) is 2.30. The number of alkyl carbamates (subject to hydrolysis) is 1. The van der Waals surface area contributed by atoms with Crippen molar-refractivity contribution in [3.63, 3.8) is 0 Å². The van der Waals surface area contributed by atoms with Gasteiger partial charge in [-0.1, -0.05) is 24.3 Å². The second kappa shape index (κ2) is 2.59. The summed E-state index contributed by atoms with van der Waals surface area (Å²) in [6.45, 7) is 0. The lowest BCUT2D eigenvalue weighted by atomic mass is 9.97. The van der Waals surface area contributed by atoms with E-state index in [1.165, 1.54) is 0 Å². The average Bonchev–Trinajstić information content (AvgIpc) is 2.67. The van der Waals surface area contributed by atoms with Gasteiger partial charge in [-0.3, -0.25) is 0 Å². The molecule has 1 amide bonds. The standard InChI is InChI=1S/C11H9NO3/c13-9-11(12-10(14)15-9)5-7-3-1-2-4-8(7)6-11/h1-4H,5-6H2,(H,12,14). The van der Waals surface area contributed by atoms with E-state index in [0.717, 1.165) is 11.1 Å². The average molecular weight is 203 g/mol. The highest BCUT2D eigenvalue weighted by molar-refractivity contribution is 5.99. The minimum atomic E-state index is -0.833. The van der Waals surface area contributed by atoms with Gasteiger partial charge >= 0.3 is 12.1 Å². The molecule has 0 atom stereocenters. The molecule has 0 saturated carbocycles. The molecule has 4 heteroatoms. The van der Waals surface area contributed by atoms with Crippen LogP contribution in [0.25, 0.3) is 0 Å². The van der Waals surface area contributed by atoms with Gasteiger partial charge in [0.1, 0.15) is 5.54 Å². The Bertz CT molecular complexity index is 442. The molecule has 76 valence electrons. The van der Waals surface area contributed by atoms with E-state index in [2.05, 4.69) is 10.1 Å². The first-order chi connectivity index (χ1) is 7.20. The molecule has 1 spiro atoms. The first-order valence-electron chi connectivity index (χ1n) is 4.81. The van der Waals surface area contributed by atoms with Crippen molar-refractivity contribution >= 4 is 12.1 Å². The molecule has 0 aromatic heterocycles. The van der Waals surface area contributed by atoms with Crippen LogP contribution in [-0.4, -0.2) is 17.6 Å². The molecule has 15 heavy (non-hydrogen) atoms. The maximum absolute atomic E-state index is 11.6. The summed E-state index contributed by atoms with van der Waals surface area (Å²) in [6, 6.07) is 7.81. The Kier molecular flexibility index (Phi) is 1.46. The van der Waals surface area contributed by atoms with E-state index >= 15 is 0 Å². The number of carbonyl (C=O) groups excluding carboxylic acids is 2. The molecule has 1 N–H and O–H groups in total. The molecule has 0 bridgehead atoms. The molecule has 1 heterocycles. The van der Waals surface area contributed by atoms with Gasteiger partial charge < -0.3 is 10.1 Å². The zero-order valence-electron chi connectivity index (χ0n) is 7.95. The minimum absolute atomic E-state index is 0.455. The molecule has 1 aromatic carbocycles. The molecule has 0 unspecified atom stereocenters. The summed E-state index contributed by atoms with van der Waals surface area (Å²) in [4.78, 5) is 22.6. The Labute approximate surface area is 86.2 Å². The molecular formula is C11H9NO3. The van der Waals surface area contributed by atoms with E-state index in [1.807, 2.05) is 24.3 Å². The van der Waals surface area contributed by atoms with Crippen LogP contribution in [0.3, 0.4) is 0 Å². The first kappa shape index (κ1) is 8.47. The zero-order chi connectivity index (χ0) is 10.5. The van der Waals surface area contributed by atoms with Crippen molar-refractivity contribution in [3.8, 4) is 0 Å². The fraction of sp³-hybridized carbons (Fsp3) is 0.273. The highest BCUT2D eigenvalue weighted by Crippen LogP contribution is 2.33. The highest BCUT2D eigenvalue weighted by atomic mass is 16.6. The maximum atomic E-state index is 11.6. The second-order valence-electron chi connectivity index (χ2n) is 4.01. The molecule has 3 rings (SSSR count). The number of amides is 1. The summed E-state index contributed by atoms with van der Waals surface area (Å²) in [5.41, 5.74) is 1.38. The lowest BCUT2D eigenvalue weighted by Gasteiger charge is -2.15. The van der Waals surface area contributed by atoms with Crippen molar-refractivity contribution in [1.29, 1.82) is 0 Å². The highest BCUT2D eigenvalue weighted by Gasteiger charge is 2.52. The number of fused-ring (bicyclic) bond motifs is 1. The van der Waals surface area contributed by atoms with Crippen LogP contribution in [0.2, 0.25) is 0 Å².